The molecule has 0 aromatic heterocycles. The quantitative estimate of drug-likeness (QED) is 0.565. The topological polar surface area (TPSA) is 55.4 Å². The Kier molecular flexibility index (Phi) is 7.43. The van der Waals surface area contributed by atoms with Gasteiger partial charge in [-0.3, -0.25) is 9.59 Å². The van der Waals surface area contributed by atoms with Gasteiger partial charge >= 0.3 is 0 Å². The van der Waals surface area contributed by atoms with Gasteiger partial charge in [-0.2, -0.15) is 0 Å². The van der Waals surface area contributed by atoms with Gasteiger partial charge in [0.05, 0.1) is 17.6 Å². The number of hydrogen-bond donors (Lipinski definition) is 1. The molecular weight excluding hydrogens is 334 g/mol. The molecule has 0 bridgehead atoms. The fourth-order valence-corrected chi connectivity index (χ4v) is 2.37. The third-order valence-corrected chi connectivity index (χ3v) is 3.85. The Labute approximate surface area is 134 Å². The second-order valence-corrected chi connectivity index (χ2v) is 5.26. The first-order valence-corrected chi connectivity index (χ1v) is 8.36. The summed E-state index contributed by atoms with van der Waals surface area (Å²) in [7, 11) is 0. The monoisotopic (exact) mass is 355 g/mol. The van der Waals surface area contributed by atoms with E-state index >= 15 is 0 Å². The molecule has 0 aliphatic rings. The zero-order valence-electron chi connectivity index (χ0n) is 12.7. The average molecular weight is 356 g/mol. The van der Waals surface area contributed by atoms with Gasteiger partial charge in [-0.15, -0.1) is 0 Å². The predicted molar refractivity (Wildman–Crippen MR) is 88.4 cm³/mol. The van der Waals surface area contributed by atoms with E-state index < -0.39 is 0 Å². The number of Topliss-reactive ketones (excluding diaryl/α,β-unsaturated/α-hetero) is 1. The number of halogens is 1. The lowest BCUT2D eigenvalue weighted by atomic mass is 10.0. The van der Waals surface area contributed by atoms with E-state index in [1.54, 1.807) is 18.2 Å². The summed E-state index contributed by atoms with van der Waals surface area (Å²) in [6.07, 6.45) is 1.60. The van der Waals surface area contributed by atoms with Crippen LogP contribution in [0, 0.1) is 5.92 Å². The molecule has 0 aliphatic heterocycles. The number of rotatable bonds is 8. The molecule has 0 atom stereocenters. The van der Waals surface area contributed by atoms with Gasteiger partial charge in [0.15, 0.2) is 5.78 Å². The number of amides is 1. The van der Waals surface area contributed by atoms with E-state index in [-0.39, 0.29) is 22.9 Å². The van der Waals surface area contributed by atoms with Crippen LogP contribution in [0.2, 0.25) is 0 Å². The van der Waals surface area contributed by atoms with Crippen LogP contribution in [0.25, 0.3) is 0 Å². The van der Waals surface area contributed by atoms with Gasteiger partial charge in [-0.25, -0.2) is 0 Å². The van der Waals surface area contributed by atoms with Crippen LogP contribution < -0.4 is 10.1 Å². The van der Waals surface area contributed by atoms with Crippen molar-refractivity contribution in [3.63, 3.8) is 0 Å². The number of alkyl halides is 1. The number of nitrogens with one attached hydrogen (secondary N) is 1. The van der Waals surface area contributed by atoms with Crippen LogP contribution in [-0.4, -0.2) is 23.6 Å². The zero-order chi connectivity index (χ0) is 15.8. The van der Waals surface area contributed by atoms with Crippen LogP contribution in [0.15, 0.2) is 18.2 Å². The first kappa shape index (κ1) is 17.7. The summed E-state index contributed by atoms with van der Waals surface area (Å²) >= 11 is 3.15. The molecule has 4 nitrogen and oxygen atoms in total. The minimum Gasteiger partial charge on any atom is -0.492 e. The van der Waals surface area contributed by atoms with Crippen molar-refractivity contribution in [1.82, 2.24) is 0 Å². The smallest absolute Gasteiger partial charge is 0.227 e. The molecule has 0 saturated carbocycles. The van der Waals surface area contributed by atoms with Crippen LogP contribution >= 0.6 is 15.9 Å². The molecule has 1 N–H and O–H groups in total. The van der Waals surface area contributed by atoms with Crippen LogP contribution in [-0.2, 0) is 4.79 Å². The van der Waals surface area contributed by atoms with Crippen LogP contribution in [0.5, 0.6) is 5.75 Å². The molecule has 0 saturated heterocycles. The highest BCUT2D eigenvalue weighted by molar-refractivity contribution is 9.09. The summed E-state index contributed by atoms with van der Waals surface area (Å²) in [5.41, 5.74) is 1.18. The molecule has 0 aliphatic carbocycles. The van der Waals surface area contributed by atoms with Crippen molar-refractivity contribution in [2.75, 3.05) is 17.3 Å². The number of ether oxygens (including phenoxy) is 1. The molecule has 116 valence electrons. The minimum absolute atomic E-state index is 0.0108. The predicted octanol–water partition coefficient (Wildman–Crippen LogP) is 4.04. The van der Waals surface area contributed by atoms with Crippen molar-refractivity contribution in [2.24, 2.45) is 5.92 Å². The first-order chi connectivity index (χ1) is 10.1. The van der Waals surface area contributed by atoms with Crippen molar-refractivity contribution in [3.05, 3.63) is 23.8 Å². The lowest BCUT2D eigenvalue weighted by Gasteiger charge is -2.16. The number of benzene rings is 1. The highest BCUT2D eigenvalue weighted by atomic mass is 79.9. The number of ketones is 1. The van der Waals surface area contributed by atoms with E-state index in [4.69, 9.17) is 4.74 Å². The van der Waals surface area contributed by atoms with Crippen molar-refractivity contribution >= 4 is 33.3 Å². The van der Waals surface area contributed by atoms with Gasteiger partial charge in [-0.05, 0) is 38.0 Å². The highest BCUT2D eigenvalue weighted by Gasteiger charge is 2.17. The summed E-state index contributed by atoms with van der Waals surface area (Å²) in [5.74, 6) is 0.487. The third-order valence-electron chi connectivity index (χ3n) is 3.34. The van der Waals surface area contributed by atoms with Gasteiger partial charge in [0.2, 0.25) is 5.91 Å². The van der Waals surface area contributed by atoms with E-state index in [1.807, 2.05) is 20.8 Å². The van der Waals surface area contributed by atoms with Crippen molar-refractivity contribution in [2.45, 2.75) is 33.6 Å². The Morgan fingerprint density at radius 1 is 1.24 bits per heavy atom. The average Bonchev–Trinajstić information content (AvgIpc) is 2.49. The molecule has 0 heterocycles. The van der Waals surface area contributed by atoms with E-state index in [0.29, 0.717) is 23.6 Å². The van der Waals surface area contributed by atoms with Crippen LogP contribution in [0.3, 0.4) is 0 Å². The molecule has 21 heavy (non-hydrogen) atoms. The number of carbonyl (C=O) groups is 2. The van der Waals surface area contributed by atoms with E-state index in [1.165, 1.54) is 0 Å². The normalized spacial score (nSPS) is 10.5. The maximum absolute atomic E-state index is 12.2. The number of anilines is 1. The van der Waals surface area contributed by atoms with Gasteiger partial charge in [0.1, 0.15) is 5.75 Å². The molecule has 1 amide bonds. The minimum atomic E-state index is -0.0196. The van der Waals surface area contributed by atoms with Gasteiger partial charge in [0.25, 0.3) is 0 Å². The number of carbonyl (C=O) groups excluding carboxylic acids is 2. The highest BCUT2D eigenvalue weighted by Crippen LogP contribution is 2.27. The lowest BCUT2D eigenvalue weighted by Crippen LogP contribution is -2.22. The lowest BCUT2D eigenvalue weighted by molar-refractivity contribution is -0.120. The largest absolute Gasteiger partial charge is 0.492 e. The van der Waals surface area contributed by atoms with Crippen LogP contribution in [0.1, 0.15) is 44.0 Å². The van der Waals surface area contributed by atoms with Crippen molar-refractivity contribution < 1.29 is 14.3 Å². The Balaban J connectivity index is 3.00. The number of hydrogen-bond acceptors (Lipinski definition) is 3. The maximum atomic E-state index is 12.2. The third kappa shape index (κ3) is 4.84. The van der Waals surface area contributed by atoms with E-state index in [2.05, 4.69) is 21.2 Å². The SMILES string of the molecule is CCOc1cc(C(=O)CBr)ccc1NC(=O)C(CC)CC. The summed E-state index contributed by atoms with van der Waals surface area (Å²) in [5, 5.41) is 3.16. The van der Waals surface area contributed by atoms with Crippen molar-refractivity contribution in [3.8, 4) is 5.75 Å². The molecule has 1 rings (SSSR count). The van der Waals surface area contributed by atoms with Crippen LogP contribution in [0.4, 0.5) is 5.69 Å². The van der Waals surface area contributed by atoms with Gasteiger partial charge in [0, 0.05) is 11.5 Å². The Morgan fingerprint density at radius 3 is 2.43 bits per heavy atom. The second-order valence-electron chi connectivity index (χ2n) is 4.70. The summed E-state index contributed by atoms with van der Waals surface area (Å²) < 4.78 is 5.54. The van der Waals surface area contributed by atoms with E-state index in [0.717, 1.165) is 12.8 Å². The van der Waals surface area contributed by atoms with Crippen molar-refractivity contribution in [1.29, 1.82) is 0 Å². The first-order valence-electron chi connectivity index (χ1n) is 7.24. The molecule has 5 heteroatoms. The maximum Gasteiger partial charge on any atom is 0.227 e. The standard InChI is InChI=1S/C16H22BrNO3/c1-4-11(5-2)16(20)18-13-8-7-12(14(19)10-17)9-15(13)21-6-3/h7-9,11H,4-6,10H2,1-3H3,(H,18,20). The summed E-state index contributed by atoms with van der Waals surface area (Å²) in [6.45, 7) is 6.33. The molecule has 0 spiro atoms. The molecule has 0 unspecified atom stereocenters. The Morgan fingerprint density at radius 2 is 1.90 bits per heavy atom. The zero-order valence-corrected chi connectivity index (χ0v) is 14.3. The molecule has 0 fully saturated rings. The van der Waals surface area contributed by atoms with E-state index in [9.17, 15) is 9.59 Å². The summed E-state index contributed by atoms with van der Waals surface area (Å²) in [6, 6.07) is 5.10. The molecule has 0 radical (unpaired) electrons. The fourth-order valence-electron chi connectivity index (χ4n) is 2.05. The fraction of sp³-hybridized carbons (Fsp3) is 0.500. The van der Waals surface area contributed by atoms with Gasteiger partial charge < -0.3 is 10.1 Å². The Bertz CT molecular complexity index is 498. The molecule has 1 aromatic rings. The molecular formula is C16H22BrNO3. The molecule has 1 aromatic carbocycles. The van der Waals surface area contributed by atoms with Gasteiger partial charge in [-0.1, -0.05) is 29.8 Å². The summed E-state index contributed by atoms with van der Waals surface area (Å²) in [4.78, 5) is 23.9. The second kappa shape index (κ2) is 8.82. The Hall–Kier alpha value is -1.36.